The smallest absolute Gasteiger partial charge is 0.0589 e. The fourth-order valence-electron chi connectivity index (χ4n) is 3.76. The van der Waals surface area contributed by atoms with Gasteiger partial charge < -0.3 is 10.1 Å². The van der Waals surface area contributed by atoms with Crippen molar-refractivity contribution in [3.63, 3.8) is 0 Å². The maximum atomic E-state index is 5.32. The minimum absolute atomic E-state index is 0.349. The van der Waals surface area contributed by atoms with Gasteiger partial charge in [-0.15, -0.1) is 0 Å². The van der Waals surface area contributed by atoms with E-state index in [1.165, 1.54) is 32.2 Å². The molecule has 1 heterocycles. The van der Waals surface area contributed by atoms with Crippen LogP contribution in [0.15, 0.2) is 0 Å². The van der Waals surface area contributed by atoms with Crippen LogP contribution in [0.3, 0.4) is 0 Å². The van der Waals surface area contributed by atoms with Gasteiger partial charge in [-0.3, -0.25) is 4.90 Å². The van der Waals surface area contributed by atoms with Crippen molar-refractivity contribution in [1.29, 1.82) is 0 Å². The van der Waals surface area contributed by atoms with E-state index in [1.54, 1.807) is 0 Å². The summed E-state index contributed by atoms with van der Waals surface area (Å²) in [5.41, 5.74) is 0.717. The van der Waals surface area contributed by atoms with Gasteiger partial charge in [0.05, 0.1) is 6.61 Å². The molecule has 104 valence electrons. The predicted octanol–water partition coefficient (Wildman–Crippen LogP) is 1.88. The third kappa shape index (κ3) is 2.21. The van der Waals surface area contributed by atoms with Gasteiger partial charge in [0.1, 0.15) is 0 Å². The Morgan fingerprint density at radius 1 is 1.17 bits per heavy atom. The van der Waals surface area contributed by atoms with Crippen LogP contribution in [0.25, 0.3) is 0 Å². The molecule has 0 bridgehead atoms. The van der Waals surface area contributed by atoms with Gasteiger partial charge in [0, 0.05) is 37.8 Å². The molecule has 3 aliphatic rings. The Bertz CT molecular complexity index is 314. The molecule has 18 heavy (non-hydrogen) atoms. The second-order valence-corrected chi connectivity index (χ2v) is 7.09. The van der Waals surface area contributed by atoms with Gasteiger partial charge in [-0.25, -0.2) is 0 Å². The van der Waals surface area contributed by atoms with Crippen molar-refractivity contribution in [2.45, 2.75) is 50.6 Å². The van der Waals surface area contributed by atoms with Gasteiger partial charge >= 0.3 is 0 Å². The van der Waals surface area contributed by atoms with Gasteiger partial charge in [-0.1, -0.05) is 0 Å². The van der Waals surface area contributed by atoms with Gasteiger partial charge in [0.2, 0.25) is 0 Å². The molecule has 0 aromatic rings. The Morgan fingerprint density at radius 2 is 1.83 bits per heavy atom. The maximum Gasteiger partial charge on any atom is 0.0589 e. The van der Waals surface area contributed by atoms with Crippen molar-refractivity contribution >= 4 is 0 Å². The van der Waals surface area contributed by atoms with E-state index < -0.39 is 0 Å². The summed E-state index contributed by atoms with van der Waals surface area (Å²) in [6.45, 7) is 9.20. The Morgan fingerprint density at radius 3 is 2.39 bits per heavy atom. The molecule has 0 aromatic carbocycles. The summed E-state index contributed by atoms with van der Waals surface area (Å²) in [6, 6.07) is 0. The summed E-state index contributed by atoms with van der Waals surface area (Å²) in [5, 5.41) is 3.89. The molecule has 3 nitrogen and oxygen atoms in total. The summed E-state index contributed by atoms with van der Waals surface area (Å²) < 4.78 is 5.32. The normalized spacial score (nSPS) is 42.2. The van der Waals surface area contributed by atoms with Crippen LogP contribution in [0.2, 0.25) is 0 Å². The van der Waals surface area contributed by atoms with Crippen LogP contribution in [-0.4, -0.2) is 49.3 Å². The molecule has 2 atom stereocenters. The maximum absolute atomic E-state index is 5.32. The zero-order chi connectivity index (χ0) is 12.8. The quantitative estimate of drug-likeness (QED) is 0.808. The lowest BCUT2D eigenvalue weighted by molar-refractivity contribution is -0.0147. The van der Waals surface area contributed by atoms with Gasteiger partial charge in [-0.2, -0.15) is 0 Å². The molecule has 3 heteroatoms. The van der Waals surface area contributed by atoms with E-state index in [0.29, 0.717) is 11.1 Å². The van der Waals surface area contributed by atoms with Gasteiger partial charge in [-0.05, 0) is 51.4 Å². The molecule has 3 rings (SSSR count). The number of ether oxygens (including phenoxy) is 1. The first-order valence-corrected chi connectivity index (χ1v) is 7.57. The van der Waals surface area contributed by atoms with Gasteiger partial charge in [0.15, 0.2) is 0 Å². The molecule has 0 aromatic heterocycles. The SMILES string of the molecule is COCCN1CC(C)(C2CC2)NCC1(C)C1CC1. The summed E-state index contributed by atoms with van der Waals surface area (Å²) in [4.78, 5) is 2.73. The lowest BCUT2D eigenvalue weighted by Crippen LogP contribution is -2.70. The largest absolute Gasteiger partial charge is 0.383 e. The Kier molecular flexibility index (Phi) is 3.20. The first-order chi connectivity index (χ1) is 8.58. The molecular formula is C15H28N2O. The predicted molar refractivity (Wildman–Crippen MR) is 73.7 cm³/mol. The molecule has 2 unspecified atom stereocenters. The average molecular weight is 252 g/mol. The second-order valence-electron chi connectivity index (χ2n) is 7.09. The zero-order valence-corrected chi connectivity index (χ0v) is 12.2. The van der Waals surface area contributed by atoms with E-state index in [-0.39, 0.29) is 0 Å². The van der Waals surface area contributed by atoms with E-state index >= 15 is 0 Å². The molecule has 1 saturated heterocycles. The van der Waals surface area contributed by atoms with E-state index in [2.05, 4.69) is 24.1 Å². The molecule has 2 saturated carbocycles. The number of hydrogen-bond donors (Lipinski definition) is 1. The van der Waals surface area contributed by atoms with Crippen LogP contribution >= 0.6 is 0 Å². The first-order valence-electron chi connectivity index (χ1n) is 7.57. The van der Waals surface area contributed by atoms with Crippen LogP contribution in [0.5, 0.6) is 0 Å². The Hall–Kier alpha value is -0.120. The molecular weight excluding hydrogens is 224 g/mol. The number of nitrogens with zero attached hydrogens (tertiary/aromatic N) is 1. The first kappa shape index (κ1) is 12.9. The highest BCUT2D eigenvalue weighted by Crippen LogP contribution is 2.48. The van der Waals surface area contributed by atoms with E-state index in [1.807, 2.05) is 7.11 Å². The highest BCUT2D eigenvalue weighted by atomic mass is 16.5. The summed E-state index contributed by atoms with van der Waals surface area (Å²) in [5.74, 6) is 1.82. The molecule has 1 N–H and O–H groups in total. The highest BCUT2D eigenvalue weighted by molar-refractivity contribution is 5.11. The molecule has 0 radical (unpaired) electrons. The fourth-order valence-corrected chi connectivity index (χ4v) is 3.76. The van der Waals surface area contributed by atoms with E-state index in [4.69, 9.17) is 4.74 Å². The molecule has 0 spiro atoms. The van der Waals surface area contributed by atoms with Crippen LogP contribution in [0, 0.1) is 11.8 Å². The summed E-state index contributed by atoms with van der Waals surface area (Å²) in [7, 11) is 1.82. The van der Waals surface area contributed by atoms with Crippen molar-refractivity contribution in [3.8, 4) is 0 Å². The van der Waals surface area contributed by atoms with Crippen molar-refractivity contribution in [1.82, 2.24) is 10.2 Å². The monoisotopic (exact) mass is 252 g/mol. The Labute approximate surface area is 111 Å². The standard InChI is InChI=1S/C15H28N2O/c1-14(12-4-5-12)11-17(8-9-18-3)15(2,10-16-14)13-6-7-13/h12-13,16H,4-11H2,1-3H3. The summed E-state index contributed by atoms with van der Waals surface area (Å²) >= 11 is 0. The lowest BCUT2D eigenvalue weighted by atomic mass is 9.83. The molecule has 2 aliphatic carbocycles. The van der Waals surface area contributed by atoms with Gasteiger partial charge in [0.25, 0.3) is 0 Å². The minimum atomic E-state index is 0.349. The number of rotatable bonds is 5. The number of methoxy groups -OCH3 is 1. The molecule has 3 fully saturated rings. The van der Waals surface area contributed by atoms with Crippen LogP contribution in [-0.2, 0) is 4.74 Å². The topological polar surface area (TPSA) is 24.5 Å². The van der Waals surface area contributed by atoms with Crippen molar-refractivity contribution < 1.29 is 4.74 Å². The number of nitrogens with one attached hydrogen (secondary N) is 1. The highest BCUT2D eigenvalue weighted by Gasteiger charge is 2.53. The number of piperazine rings is 1. The molecule has 0 amide bonds. The summed E-state index contributed by atoms with van der Waals surface area (Å²) in [6.07, 6.45) is 5.67. The van der Waals surface area contributed by atoms with E-state index in [9.17, 15) is 0 Å². The third-order valence-electron chi connectivity index (χ3n) is 5.59. The molecule has 1 aliphatic heterocycles. The van der Waals surface area contributed by atoms with Crippen molar-refractivity contribution in [2.75, 3.05) is 33.4 Å². The van der Waals surface area contributed by atoms with Crippen molar-refractivity contribution in [3.05, 3.63) is 0 Å². The van der Waals surface area contributed by atoms with Crippen molar-refractivity contribution in [2.24, 2.45) is 11.8 Å². The number of hydrogen-bond acceptors (Lipinski definition) is 3. The minimum Gasteiger partial charge on any atom is -0.383 e. The van der Waals surface area contributed by atoms with Crippen LogP contribution in [0.4, 0.5) is 0 Å². The fraction of sp³-hybridized carbons (Fsp3) is 1.00. The van der Waals surface area contributed by atoms with Crippen LogP contribution < -0.4 is 5.32 Å². The van der Waals surface area contributed by atoms with Crippen LogP contribution in [0.1, 0.15) is 39.5 Å². The lowest BCUT2D eigenvalue weighted by Gasteiger charge is -2.53. The second kappa shape index (κ2) is 4.46. The van der Waals surface area contributed by atoms with E-state index in [0.717, 1.165) is 31.5 Å². The Balaban J connectivity index is 1.72. The third-order valence-corrected chi connectivity index (χ3v) is 5.59. The average Bonchev–Trinajstić information content (AvgIpc) is 3.20. The zero-order valence-electron chi connectivity index (χ0n) is 12.2.